The number of nitrogens with one attached hydrogen (secondary N) is 1. The number of pyridine rings is 1. The second kappa shape index (κ2) is 3.99. The molecule has 4 nitrogen and oxygen atoms in total. The molecular formula is C8H7F2NO3. The molecule has 0 aromatic carbocycles. The molecule has 0 aliphatic carbocycles. The van der Waals surface area contributed by atoms with E-state index in [1.54, 1.807) is 0 Å². The van der Waals surface area contributed by atoms with E-state index < -0.39 is 23.1 Å². The number of H-pyrrole nitrogens is 1. The highest BCUT2D eigenvalue weighted by molar-refractivity contribution is 5.78. The molecule has 0 atom stereocenters. The van der Waals surface area contributed by atoms with E-state index in [4.69, 9.17) is 0 Å². The minimum atomic E-state index is -2.92. The van der Waals surface area contributed by atoms with E-state index in [1.807, 2.05) is 0 Å². The van der Waals surface area contributed by atoms with Crippen molar-refractivity contribution in [2.24, 2.45) is 0 Å². The first-order valence-electron chi connectivity index (χ1n) is 3.64. The van der Waals surface area contributed by atoms with Crippen LogP contribution in [0.1, 0.15) is 22.3 Å². The van der Waals surface area contributed by atoms with Gasteiger partial charge in [-0.25, -0.2) is 8.78 Å². The molecule has 0 fully saturated rings. The minimum absolute atomic E-state index is 0.0862. The second-order valence-electron chi connectivity index (χ2n) is 2.43. The molecule has 0 unspecified atom stereocenters. The smallest absolute Gasteiger partial charge is 0.268 e. The Labute approximate surface area is 77.5 Å². The molecule has 1 heterocycles. The molecule has 0 saturated heterocycles. The first-order valence-corrected chi connectivity index (χ1v) is 3.64. The molecule has 14 heavy (non-hydrogen) atoms. The first kappa shape index (κ1) is 10.4. The molecule has 0 saturated carbocycles. The molecular weight excluding hydrogens is 196 g/mol. The van der Waals surface area contributed by atoms with Crippen molar-refractivity contribution in [1.82, 2.24) is 4.98 Å². The van der Waals surface area contributed by atoms with E-state index in [1.165, 1.54) is 7.11 Å². The van der Waals surface area contributed by atoms with Crippen molar-refractivity contribution in [3.8, 4) is 5.75 Å². The largest absolute Gasteiger partial charge is 0.495 e. The molecule has 6 heteroatoms. The van der Waals surface area contributed by atoms with Gasteiger partial charge in [0.1, 0.15) is 5.75 Å². The number of carbonyl (C=O) groups is 1. The van der Waals surface area contributed by atoms with Crippen molar-refractivity contribution in [2.75, 3.05) is 7.11 Å². The van der Waals surface area contributed by atoms with Crippen LogP contribution in [0.2, 0.25) is 0 Å². The minimum Gasteiger partial charge on any atom is -0.495 e. The summed E-state index contributed by atoms with van der Waals surface area (Å²) in [5, 5.41) is 0. The molecule has 0 aliphatic rings. The lowest BCUT2D eigenvalue weighted by atomic mass is 10.1. The summed E-state index contributed by atoms with van der Waals surface area (Å²) in [6.45, 7) is 0. The highest BCUT2D eigenvalue weighted by Crippen LogP contribution is 2.28. The maximum atomic E-state index is 12.5. The Hall–Kier alpha value is -1.72. The van der Waals surface area contributed by atoms with Crippen molar-refractivity contribution in [1.29, 1.82) is 0 Å². The normalized spacial score (nSPS) is 10.3. The lowest BCUT2D eigenvalue weighted by Gasteiger charge is -2.08. The number of halogens is 2. The number of alkyl halides is 2. The number of aldehydes is 1. The maximum Gasteiger partial charge on any atom is 0.268 e. The zero-order valence-electron chi connectivity index (χ0n) is 7.21. The standard InChI is InChI=1S/C8H7F2NO3/c1-14-5-2-11-8(13)4(3-12)6(5)7(9)10/h2-3,7H,1H3,(H,11,13). The van der Waals surface area contributed by atoms with Crippen LogP contribution in [-0.4, -0.2) is 18.4 Å². The lowest BCUT2D eigenvalue weighted by molar-refractivity contribution is 0.110. The molecule has 0 radical (unpaired) electrons. The first-order chi connectivity index (χ1) is 6.61. The van der Waals surface area contributed by atoms with Gasteiger partial charge in [-0.3, -0.25) is 9.59 Å². The van der Waals surface area contributed by atoms with Gasteiger partial charge in [0, 0.05) is 6.20 Å². The molecule has 76 valence electrons. The monoisotopic (exact) mass is 203 g/mol. The average Bonchev–Trinajstić information content (AvgIpc) is 2.17. The van der Waals surface area contributed by atoms with E-state index in [0.717, 1.165) is 6.20 Å². The fourth-order valence-electron chi connectivity index (χ4n) is 1.05. The summed E-state index contributed by atoms with van der Waals surface area (Å²) < 4.78 is 29.5. The van der Waals surface area contributed by atoms with Crippen LogP contribution in [0.3, 0.4) is 0 Å². The van der Waals surface area contributed by atoms with Crippen molar-refractivity contribution >= 4 is 6.29 Å². The van der Waals surface area contributed by atoms with Gasteiger partial charge >= 0.3 is 0 Å². The van der Waals surface area contributed by atoms with Gasteiger partial charge < -0.3 is 9.72 Å². The summed E-state index contributed by atoms with van der Waals surface area (Å²) in [4.78, 5) is 23.5. The van der Waals surface area contributed by atoms with Crippen molar-refractivity contribution < 1.29 is 18.3 Å². The second-order valence-corrected chi connectivity index (χ2v) is 2.43. The number of hydrogen-bond acceptors (Lipinski definition) is 3. The lowest BCUT2D eigenvalue weighted by Crippen LogP contribution is -2.16. The molecule has 0 aliphatic heterocycles. The van der Waals surface area contributed by atoms with Gasteiger partial charge in [-0.15, -0.1) is 0 Å². The van der Waals surface area contributed by atoms with E-state index in [-0.39, 0.29) is 12.0 Å². The SMILES string of the molecule is COc1c[nH]c(=O)c(C=O)c1C(F)F. The number of ether oxygens (including phenoxy) is 1. The van der Waals surface area contributed by atoms with E-state index in [0.29, 0.717) is 0 Å². The predicted octanol–water partition coefficient (Wildman–Crippen LogP) is 1.13. The Morgan fingerprint density at radius 2 is 2.21 bits per heavy atom. The summed E-state index contributed by atoms with van der Waals surface area (Å²) >= 11 is 0. The van der Waals surface area contributed by atoms with E-state index in [9.17, 15) is 18.4 Å². The van der Waals surface area contributed by atoms with Crippen LogP contribution in [-0.2, 0) is 0 Å². The van der Waals surface area contributed by atoms with Gasteiger partial charge in [-0.1, -0.05) is 0 Å². The van der Waals surface area contributed by atoms with Crippen LogP contribution in [0.15, 0.2) is 11.0 Å². The Bertz CT molecular complexity index is 400. The third-order valence-corrected chi connectivity index (χ3v) is 1.69. The summed E-state index contributed by atoms with van der Waals surface area (Å²) in [5.74, 6) is -0.207. The van der Waals surface area contributed by atoms with Crippen LogP contribution in [0.5, 0.6) is 5.75 Å². The Kier molecular flexibility index (Phi) is 2.95. The topological polar surface area (TPSA) is 59.2 Å². The Morgan fingerprint density at radius 1 is 1.57 bits per heavy atom. The van der Waals surface area contributed by atoms with Gasteiger partial charge in [0.05, 0.1) is 18.2 Å². The Balaban J connectivity index is 3.52. The molecule has 1 aromatic heterocycles. The van der Waals surface area contributed by atoms with Gasteiger partial charge in [-0.05, 0) is 0 Å². The van der Waals surface area contributed by atoms with Crippen LogP contribution in [0.25, 0.3) is 0 Å². The molecule has 1 N–H and O–H groups in total. The highest BCUT2D eigenvalue weighted by Gasteiger charge is 2.21. The molecule has 0 bridgehead atoms. The third-order valence-electron chi connectivity index (χ3n) is 1.69. The van der Waals surface area contributed by atoms with Crippen LogP contribution >= 0.6 is 0 Å². The Morgan fingerprint density at radius 3 is 2.64 bits per heavy atom. The maximum absolute atomic E-state index is 12.5. The molecule has 1 aromatic rings. The fourth-order valence-corrected chi connectivity index (χ4v) is 1.05. The van der Waals surface area contributed by atoms with Gasteiger partial charge in [0.25, 0.3) is 12.0 Å². The van der Waals surface area contributed by atoms with E-state index in [2.05, 4.69) is 9.72 Å². The number of aromatic nitrogens is 1. The summed E-state index contributed by atoms with van der Waals surface area (Å²) in [6.07, 6.45) is -1.84. The summed E-state index contributed by atoms with van der Waals surface area (Å²) in [6, 6.07) is 0. The van der Waals surface area contributed by atoms with E-state index >= 15 is 0 Å². The van der Waals surface area contributed by atoms with Crippen molar-refractivity contribution in [3.05, 3.63) is 27.7 Å². The number of hydrogen-bond donors (Lipinski definition) is 1. The van der Waals surface area contributed by atoms with Gasteiger partial charge in [0.2, 0.25) is 0 Å². The van der Waals surface area contributed by atoms with Gasteiger partial charge in [-0.2, -0.15) is 0 Å². The number of methoxy groups -OCH3 is 1. The predicted molar refractivity (Wildman–Crippen MR) is 44.0 cm³/mol. The fraction of sp³-hybridized carbons (Fsp3) is 0.250. The number of carbonyl (C=O) groups excluding carboxylic acids is 1. The molecule has 0 amide bonds. The van der Waals surface area contributed by atoms with Crippen molar-refractivity contribution in [3.63, 3.8) is 0 Å². The number of aromatic amines is 1. The summed E-state index contributed by atoms with van der Waals surface area (Å²) in [5.41, 5.74) is -2.12. The zero-order chi connectivity index (χ0) is 10.7. The molecule has 1 rings (SSSR count). The average molecular weight is 203 g/mol. The third kappa shape index (κ3) is 1.63. The quantitative estimate of drug-likeness (QED) is 0.749. The van der Waals surface area contributed by atoms with Crippen molar-refractivity contribution in [2.45, 2.75) is 6.43 Å². The van der Waals surface area contributed by atoms with Crippen LogP contribution < -0.4 is 10.3 Å². The zero-order valence-corrected chi connectivity index (χ0v) is 7.21. The number of rotatable bonds is 3. The molecule has 0 spiro atoms. The summed E-state index contributed by atoms with van der Waals surface area (Å²) in [7, 11) is 1.17. The highest BCUT2D eigenvalue weighted by atomic mass is 19.3. The van der Waals surface area contributed by atoms with Gasteiger partial charge in [0.15, 0.2) is 6.29 Å². The van der Waals surface area contributed by atoms with Crippen LogP contribution in [0.4, 0.5) is 8.78 Å². The van der Waals surface area contributed by atoms with Crippen LogP contribution in [0, 0.1) is 0 Å².